The summed E-state index contributed by atoms with van der Waals surface area (Å²) in [5.74, 6) is 0. The molecule has 0 N–H and O–H groups in total. The second-order valence-electron chi connectivity index (χ2n) is 5.74. The number of sulfonamides is 1. The summed E-state index contributed by atoms with van der Waals surface area (Å²) in [6.07, 6.45) is 4.57. The van der Waals surface area contributed by atoms with Crippen molar-refractivity contribution in [3.05, 3.63) is 41.6 Å². The van der Waals surface area contributed by atoms with E-state index in [-0.39, 0.29) is 6.04 Å². The number of nitrogens with zero attached hydrogens (tertiary/aromatic N) is 3. The molecule has 0 spiro atoms. The van der Waals surface area contributed by atoms with Crippen molar-refractivity contribution >= 4 is 10.0 Å². The zero-order valence-corrected chi connectivity index (χ0v) is 13.4. The molecule has 0 aromatic heterocycles. The highest BCUT2D eigenvalue weighted by atomic mass is 32.2. The number of hydrogen-bond acceptors (Lipinski definition) is 4. The second kappa shape index (κ2) is 5.75. The summed E-state index contributed by atoms with van der Waals surface area (Å²) in [6, 6.07) is 9.36. The molecule has 1 aromatic rings. The smallest absolute Gasteiger partial charge is 0.243 e. The van der Waals surface area contributed by atoms with Crippen molar-refractivity contribution < 1.29 is 8.42 Å². The SMILES string of the molecule is CN1C(C#N)=CCC1c1ccc(S(=O)(=O)N2CCCC2)cc1. The summed E-state index contributed by atoms with van der Waals surface area (Å²) in [6.45, 7) is 1.23. The van der Waals surface area contributed by atoms with Crippen LogP contribution >= 0.6 is 0 Å². The Labute approximate surface area is 131 Å². The first kappa shape index (κ1) is 15.1. The molecule has 22 heavy (non-hydrogen) atoms. The van der Waals surface area contributed by atoms with E-state index in [1.54, 1.807) is 16.4 Å². The molecule has 0 bridgehead atoms. The fourth-order valence-corrected chi connectivity index (χ4v) is 4.63. The Morgan fingerprint density at radius 2 is 1.82 bits per heavy atom. The molecule has 0 saturated carbocycles. The van der Waals surface area contributed by atoms with E-state index in [0.29, 0.717) is 23.7 Å². The van der Waals surface area contributed by atoms with Gasteiger partial charge < -0.3 is 4.90 Å². The standard InChI is InChI=1S/C16H19N3O2S/c1-18-14(12-17)6-9-16(18)13-4-7-15(8-5-13)22(20,21)19-10-2-3-11-19/h4-8,16H,2-3,9-11H2,1H3. The summed E-state index contributed by atoms with van der Waals surface area (Å²) in [7, 11) is -1.46. The van der Waals surface area contributed by atoms with E-state index < -0.39 is 10.0 Å². The van der Waals surface area contributed by atoms with Gasteiger partial charge in [0.05, 0.1) is 10.9 Å². The van der Waals surface area contributed by atoms with Gasteiger partial charge in [-0.2, -0.15) is 9.57 Å². The average molecular weight is 317 g/mol. The van der Waals surface area contributed by atoms with Gasteiger partial charge >= 0.3 is 0 Å². The number of rotatable bonds is 3. The highest BCUT2D eigenvalue weighted by molar-refractivity contribution is 7.89. The van der Waals surface area contributed by atoms with Crippen LogP contribution in [-0.2, 0) is 10.0 Å². The van der Waals surface area contributed by atoms with Crippen LogP contribution in [-0.4, -0.2) is 37.8 Å². The van der Waals surface area contributed by atoms with Crippen molar-refractivity contribution in [3.63, 3.8) is 0 Å². The van der Waals surface area contributed by atoms with Crippen LogP contribution in [0.15, 0.2) is 40.9 Å². The average Bonchev–Trinajstić information content (AvgIpc) is 3.17. The molecule has 116 valence electrons. The van der Waals surface area contributed by atoms with E-state index in [4.69, 9.17) is 5.26 Å². The predicted octanol–water partition coefficient (Wildman–Crippen LogP) is 2.26. The van der Waals surface area contributed by atoms with Crippen LogP contribution < -0.4 is 0 Å². The normalized spacial score (nSPS) is 22.6. The lowest BCUT2D eigenvalue weighted by Crippen LogP contribution is -2.27. The Morgan fingerprint density at radius 3 is 2.36 bits per heavy atom. The summed E-state index contributed by atoms with van der Waals surface area (Å²) in [5.41, 5.74) is 1.70. The maximum atomic E-state index is 12.5. The zero-order chi connectivity index (χ0) is 15.7. The first-order valence-electron chi connectivity index (χ1n) is 7.47. The predicted molar refractivity (Wildman–Crippen MR) is 83.3 cm³/mol. The van der Waals surface area contributed by atoms with Crippen molar-refractivity contribution in [1.29, 1.82) is 5.26 Å². The lowest BCUT2D eigenvalue weighted by molar-refractivity contribution is 0.352. The first-order valence-corrected chi connectivity index (χ1v) is 8.91. The first-order chi connectivity index (χ1) is 10.5. The Balaban J connectivity index is 1.81. The van der Waals surface area contributed by atoms with Gasteiger partial charge in [0.2, 0.25) is 10.0 Å². The number of nitriles is 1. The maximum absolute atomic E-state index is 12.5. The van der Waals surface area contributed by atoms with Gasteiger partial charge in [-0.05, 0) is 43.0 Å². The molecular weight excluding hydrogens is 298 g/mol. The van der Waals surface area contributed by atoms with Gasteiger partial charge in [0.1, 0.15) is 11.8 Å². The Kier molecular flexibility index (Phi) is 3.94. The molecule has 1 atom stereocenters. The summed E-state index contributed by atoms with van der Waals surface area (Å²) < 4.78 is 26.5. The van der Waals surface area contributed by atoms with Gasteiger partial charge in [-0.25, -0.2) is 8.42 Å². The molecule has 0 amide bonds. The van der Waals surface area contributed by atoms with E-state index in [1.165, 1.54) is 0 Å². The van der Waals surface area contributed by atoms with E-state index in [9.17, 15) is 8.42 Å². The fourth-order valence-electron chi connectivity index (χ4n) is 3.12. The van der Waals surface area contributed by atoms with Gasteiger partial charge in [-0.3, -0.25) is 0 Å². The topological polar surface area (TPSA) is 64.4 Å². The molecule has 1 fully saturated rings. The Morgan fingerprint density at radius 1 is 1.18 bits per heavy atom. The number of hydrogen-bond donors (Lipinski definition) is 0. The monoisotopic (exact) mass is 317 g/mol. The molecule has 0 aliphatic carbocycles. The Bertz CT molecular complexity index is 726. The fraction of sp³-hybridized carbons (Fsp3) is 0.438. The molecule has 1 unspecified atom stereocenters. The van der Waals surface area contributed by atoms with Crippen molar-refractivity contribution in [2.75, 3.05) is 20.1 Å². The van der Waals surface area contributed by atoms with E-state index >= 15 is 0 Å². The van der Waals surface area contributed by atoms with Gasteiger partial charge in [0.15, 0.2) is 0 Å². The van der Waals surface area contributed by atoms with Gasteiger partial charge in [-0.15, -0.1) is 0 Å². The Hall–Kier alpha value is -1.84. The lowest BCUT2D eigenvalue weighted by Gasteiger charge is -2.23. The molecule has 6 heteroatoms. The number of allylic oxidation sites excluding steroid dienone is 1. The van der Waals surface area contributed by atoms with Crippen LogP contribution in [0.5, 0.6) is 0 Å². The molecule has 2 heterocycles. The summed E-state index contributed by atoms with van der Waals surface area (Å²) in [4.78, 5) is 2.29. The molecular formula is C16H19N3O2S. The van der Waals surface area contributed by atoms with Crippen molar-refractivity contribution in [2.24, 2.45) is 0 Å². The van der Waals surface area contributed by atoms with Crippen LogP contribution in [0.3, 0.4) is 0 Å². The third-order valence-corrected chi connectivity index (χ3v) is 6.38. The van der Waals surface area contributed by atoms with Crippen molar-refractivity contribution in [2.45, 2.75) is 30.2 Å². The van der Waals surface area contributed by atoms with E-state index in [0.717, 1.165) is 24.8 Å². The zero-order valence-electron chi connectivity index (χ0n) is 12.6. The number of benzene rings is 1. The molecule has 5 nitrogen and oxygen atoms in total. The van der Waals surface area contributed by atoms with Crippen LogP contribution in [0.1, 0.15) is 30.9 Å². The van der Waals surface area contributed by atoms with Crippen LogP contribution in [0.2, 0.25) is 0 Å². The van der Waals surface area contributed by atoms with Crippen LogP contribution in [0.4, 0.5) is 0 Å². The second-order valence-corrected chi connectivity index (χ2v) is 7.68. The lowest BCUT2D eigenvalue weighted by atomic mass is 10.1. The van der Waals surface area contributed by atoms with Crippen LogP contribution in [0, 0.1) is 11.3 Å². The van der Waals surface area contributed by atoms with E-state index in [1.807, 2.05) is 30.2 Å². The summed E-state index contributed by atoms with van der Waals surface area (Å²) >= 11 is 0. The minimum Gasteiger partial charge on any atom is -0.359 e. The molecule has 1 aromatic carbocycles. The van der Waals surface area contributed by atoms with Crippen molar-refractivity contribution in [3.8, 4) is 6.07 Å². The highest BCUT2D eigenvalue weighted by Gasteiger charge is 2.28. The van der Waals surface area contributed by atoms with E-state index in [2.05, 4.69) is 6.07 Å². The molecule has 0 radical (unpaired) electrons. The highest BCUT2D eigenvalue weighted by Crippen LogP contribution is 2.33. The minimum absolute atomic E-state index is 0.109. The van der Waals surface area contributed by atoms with Gasteiger partial charge in [-0.1, -0.05) is 12.1 Å². The quantitative estimate of drug-likeness (QED) is 0.858. The third kappa shape index (κ3) is 2.51. The largest absolute Gasteiger partial charge is 0.359 e. The van der Waals surface area contributed by atoms with Gasteiger partial charge in [0.25, 0.3) is 0 Å². The van der Waals surface area contributed by atoms with Crippen molar-refractivity contribution in [1.82, 2.24) is 9.21 Å². The minimum atomic E-state index is -3.35. The molecule has 2 aliphatic heterocycles. The van der Waals surface area contributed by atoms with Crippen LogP contribution in [0.25, 0.3) is 0 Å². The summed E-state index contributed by atoms with van der Waals surface area (Å²) in [5, 5.41) is 9.03. The molecule has 2 aliphatic rings. The molecule has 1 saturated heterocycles. The molecule has 3 rings (SSSR count). The third-order valence-electron chi connectivity index (χ3n) is 4.46. The maximum Gasteiger partial charge on any atom is 0.243 e. The van der Waals surface area contributed by atoms with Gasteiger partial charge in [0, 0.05) is 20.1 Å².